The molecule has 2 aromatic rings. The highest BCUT2D eigenvalue weighted by molar-refractivity contribution is 9.10. The van der Waals surface area contributed by atoms with Crippen LogP contribution >= 0.6 is 15.9 Å². The molecule has 0 spiro atoms. The van der Waals surface area contributed by atoms with E-state index in [9.17, 15) is 0 Å². The van der Waals surface area contributed by atoms with E-state index in [0.717, 1.165) is 36.1 Å². The molecular weight excluding hydrogens is 444 g/mol. The summed E-state index contributed by atoms with van der Waals surface area (Å²) in [4.78, 5) is 9.36. The first-order valence-corrected chi connectivity index (χ1v) is 13.6. The van der Waals surface area contributed by atoms with E-state index < -0.39 is 0 Å². The molecule has 0 N–H and O–H groups in total. The molecule has 3 rings (SSSR count). The third kappa shape index (κ3) is 8.00. The van der Waals surface area contributed by atoms with Crippen molar-refractivity contribution in [3.63, 3.8) is 0 Å². The summed E-state index contributed by atoms with van der Waals surface area (Å²) < 4.78 is 1.18. The van der Waals surface area contributed by atoms with Crippen LogP contribution in [0, 0.1) is 11.8 Å². The van der Waals surface area contributed by atoms with Crippen molar-refractivity contribution in [1.29, 1.82) is 0 Å². The molecule has 1 heterocycles. The van der Waals surface area contributed by atoms with Crippen molar-refractivity contribution >= 4 is 15.9 Å². The Kier molecular flexibility index (Phi) is 10.5. The van der Waals surface area contributed by atoms with Crippen molar-refractivity contribution < 1.29 is 0 Å². The van der Waals surface area contributed by atoms with Gasteiger partial charge < -0.3 is 0 Å². The molecule has 0 unspecified atom stereocenters. The Balaban J connectivity index is 1.45. The van der Waals surface area contributed by atoms with Crippen LogP contribution in [0.4, 0.5) is 0 Å². The lowest BCUT2D eigenvalue weighted by molar-refractivity contribution is 0.249. The van der Waals surface area contributed by atoms with Crippen molar-refractivity contribution in [3.8, 4) is 11.4 Å². The minimum atomic E-state index is 0.831. The molecular formula is C28H41BrN2. The fraction of sp³-hybridized carbons (Fsp3) is 0.643. The molecule has 3 heteroatoms. The molecule has 0 saturated heterocycles. The molecule has 0 amide bonds. The number of aromatic nitrogens is 2. The number of nitrogens with zero attached hydrogens (tertiary/aromatic N) is 2. The van der Waals surface area contributed by atoms with Crippen LogP contribution in [0.5, 0.6) is 0 Å². The highest BCUT2D eigenvalue weighted by Crippen LogP contribution is 2.34. The Morgan fingerprint density at radius 2 is 1.45 bits per heavy atom. The highest BCUT2D eigenvalue weighted by atomic mass is 79.9. The SMILES string of the molecule is CCCCCc1ccc(-c2ncc(CCC3CCC(CCCCC)CC3)cn2)cc1Br. The lowest BCUT2D eigenvalue weighted by Gasteiger charge is -2.28. The normalized spacial score (nSPS) is 18.9. The van der Waals surface area contributed by atoms with E-state index in [4.69, 9.17) is 0 Å². The van der Waals surface area contributed by atoms with E-state index in [-0.39, 0.29) is 0 Å². The van der Waals surface area contributed by atoms with E-state index in [0.29, 0.717) is 0 Å². The Morgan fingerprint density at radius 3 is 2.10 bits per heavy atom. The van der Waals surface area contributed by atoms with Gasteiger partial charge in [-0.3, -0.25) is 0 Å². The first kappa shape index (κ1) is 24.4. The zero-order valence-corrected chi connectivity index (χ0v) is 21.3. The third-order valence-corrected chi connectivity index (χ3v) is 7.83. The van der Waals surface area contributed by atoms with Crippen molar-refractivity contribution in [1.82, 2.24) is 9.97 Å². The van der Waals surface area contributed by atoms with Gasteiger partial charge in [0.1, 0.15) is 0 Å². The lowest BCUT2D eigenvalue weighted by Crippen LogP contribution is -2.15. The fourth-order valence-corrected chi connectivity index (χ4v) is 5.53. The van der Waals surface area contributed by atoms with Gasteiger partial charge in [0.25, 0.3) is 0 Å². The highest BCUT2D eigenvalue weighted by Gasteiger charge is 2.20. The maximum atomic E-state index is 4.68. The molecule has 31 heavy (non-hydrogen) atoms. The lowest BCUT2D eigenvalue weighted by atomic mass is 9.78. The van der Waals surface area contributed by atoms with Crippen molar-refractivity contribution in [2.75, 3.05) is 0 Å². The molecule has 1 aromatic heterocycles. The zero-order chi connectivity index (χ0) is 21.9. The number of halogens is 1. The second-order valence-corrected chi connectivity index (χ2v) is 10.5. The maximum absolute atomic E-state index is 4.68. The van der Waals surface area contributed by atoms with Crippen molar-refractivity contribution in [2.45, 2.75) is 104 Å². The first-order chi connectivity index (χ1) is 15.2. The first-order valence-electron chi connectivity index (χ1n) is 12.8. The summed E-state index contributed by atoms with van der Waals surface area (Å²) in [5.74, 6) is 2.73. The van der Waals surface area contributed by atoms with Crippen LogP contribution in [0.2, 0.25) is 0 Å². The molecule has 170 valence electrons. The number of aryl methyl sites for hydroxylation is 2. The van der Waals surface area contributed by atoms with Crippen LogP contribution in [0.15, 0.2) is 35.1 Å². The molecule has 0 aliphatic heterocycles. The number of unbranched alkanes of at least 4 members (excludes halogenated alkanes) is 4. The van der Waals surface area contributed by atoms with Gasteiger partial charge in [0, 0.05) is 22.4 Å². The summed E-state index contributed by atoms with van der Waals surface area (Å²) in [7, 11) is 0. The number of hydrogen-bond acceptors (Lipinski definition) is 2. The molecule has 1 saturated carbocycles. The average molecular weight is 486 g/mol. The van der Waals surface area contributed by atoms with Gasteiger partial charge in [-0.2, -0.15) is 0 Å². The average Bonchev–Trinajstić information content (AvgIpc) is 2.80. The molecule has 2 nitrogen and oxygen atoms in total. The van der Waals surface area contributed by atoms with Crippen LogP contribution in [0.3, 0.4) is 0 Å². The number of rotatable bonds is 12. The molecule has 0 radical (unpaired) electrons. The monoisotopic (exact) mass is 484 g/mol. The van der Waals surface area contributed by atoms with Crippen LogP contribution in [0.25, 0.3) is 11.4 Å². The van der Waals surface area contributed by atoms with Gasteiger partial charge in [-0.25, -0.2) is 9.97 Å². The summed E-state index contributed by atoms with van der Waals surface area (Å²) in [6, 6.07) is 6.57. The van der Waals surface area contributed by atoms with Crippen molar-refractivity contribution in [2.24, 2.45) is 11.8 Å². The summed E-state index contributed by atoms with van der Waals surface area (Å²) in [6.07, 6.45) is 22.8. The Morgan fingerprint density at radius 1 is 0.806 bits per heavy atom. The van der Waals surface area contributed by atoms with E-state index in [1.807, 2.05) is 12.4 Å². The standard InChI is InChI=1S/C28H41BrN2/c1-3-5-7-9-22-11-13-23(14-12-22)15-16-24-20-30-28(31-21-24)26-18-17-25(27(29)19-26)10-8-6-4-2/h17-23H,3-16H2,1-2H3. The zero-order valence-electron chi connectivity index (χ0n) is 19.7. The van der Waals surface area contributed by atoms with E-state index in [1.165, 1.54) is 92.6 Å². The van der Waals surface area contributed by atoms with Crippen molar-refractivity contribution in [3.05, 3.63) is 46.2 Å². The van der Waals surface area contributed by atoms with E-state index in [2.05, 4.69) is 57.9 Å². The summed E-state index contributed by atoms with van der Waals surface area (Å²) in [6.45, 7) is 4.55. The minimum Gasteiger partial charge on any atom is -0.236 e. The number of benzene rings is 1. The number of hydrogen-bond donors (Lipinski definition) is 0. The molecule has 1 fully saturated rings. The Bertz CT molecular complexity index is 763. The van der Waals surface area contributed by atoms with E-state index in [1.54, 1.807) is 0 Å². The quantitative estimate of drug-likeness (QED) is 0.280. The maximum Gasteiger partial charge on any atom is 0.159 e. The van der Waals surface area contributed by atoms with Gasteiger partial charge >= 0.3 is 0 Å². The molecule has 1 aliphatic carbocycles. The topological polar surface area (TPSA) is 25.8 Å². The Labute approximate surface area is 198 Å². The predicted molar refractivity (Wildman–Crippen MR) is 136 cm³/mol. The largest absolute Gasteiger partial charge is 0.236 e. The van der Waals surface area contributed by atoms with Crippen LogP contribution < -0.4 is 0 Å². The van der Waals surface area contributed by atoms with Gasteiger partial charge in [-0.15, -0.1) is 0 Å². The minimum absolute atomic E-state index is 0.831. The van der Waals surface area contributed by atoms with Gasteiger partial charge in [-0.1, -0.05) is 106 Å². The van der Waals surface area contributed by atoms with Gasteiger partial charge in [0.05, 0.1) is 0 Å². The second kappa shape index (κ2) is 13.4. The van der Waals surface area contributed by atoms with Crippen LogP contribution in [-0.2, 0) is 12.8 Å². The smallest absolute Gasteiger partial charge is 0.159 e. The molecule has 1 aliphatic rings. The van der Waals surface area contributed by atoms with Crippen LogP contribution in [0.1, 0.15) is 102 Å². The van der Waals surface area contributed by atoms with Gasteiger partial charge in [-0.05, 0) is 54.7 Å². The van der Waals surface area contributed by atoms with Gasteiger partial charge in [0.2, 0.25) is 0 Å². The third-order valence-electron chi connectivity index (χ3n) is 7.09. The van der Waals surface area contributed by atoms with Crippen LogP contribution in [-0.4, -0.2) is 9.97 Å². The predicted octanol–water partition coefficient (Wildman–Crippen LogP) is 8.96. The Hall–Kier alpha value is -1.22. The second-order valence-electron chi connectivity index (χ2n) is 9.60. The summed E-state index contributed by atoms with van der Waals surface area (Å²) in [5, 5.41) is 0. The summed E-state index contributed by atoms with van der Waals surface area (Å²) >= 11 is 3.75. The fourth-order valence-electron chi connectivity index (χ4n) is 4.95. The molecule has 0 bridgehead atoms. The molecule has 1 aromatic carbocycles. The summed E-state index contributed by atoms with van der Waals surface area (Å²) in [5.41, 5.74) is 3.76. The molecule has 0 atom stereocenters. The van der Waals surface area contributed by atoms with E-state index >= 15 is 0 Å². The van der Waals surface area contributed by atoms with Gasteiger partial charge in [0.15, 0.2) is 5.82 Å².